The number of nitrogens with two attached hydrogens (primary N) is 1. The lowest BCUT2D eigenvalue weighted by Crippen LogP contribution is -1.84. The van der Waals surface area contributed by atoms with E-state index in [1.165, 1.54) is 0 Å². The average molecular weight is 115 g/mol. The van der Waals surface area contributed by atoms with E-state index in [4.69, 9.17) is 10.5 Å². The van der Waals surface area contributed by atoms with Gasteiger partial charge in [-0.2, -0.15) is 10.5 Å². The lowest BCUT2D eigenvalue weighted by Gasteiger charge is -1.79. The SMILES string of the molecule is N#CP(N)(=O)C#N. The smallest absolute Gasteiger partial charge is 0.274 e. The van der Waals surface area contributed by atoms with Crippen LogP contribution >= 0.6 is 7.29 Å². The van der Waals surface area contributed by atoms with E-state index in [1.807, 2.05) is 0 Å². The molecule has 0 aromatic rings. The van der Waals surface area contributed by atoms with Crippen LogP contribution in [0.25, 0.3) is 0 Å². The predicted octanol–water partition coefficient (Wildman–Crippen LogP) is 0.185. The maximum atomic E-state index is 10.0. The fraction of sp³-hybridized carbons (Fsp3) is 0. The van der Waals surface area contributed by atoms with Gasteiger partial charge in [0.25, 0.3) is 0 Å². The molecular formula is C2H2N3OP. The zero-order valence-corrected chi connectivity index (χ0v) is 4.22. The minimum Gasteiger partial charge on any atom is -0.274 e. The predicted molar refractivity (Wildman–Crippen MR) is 23.0 cm³/mol. The molecule has 0 atom stereocenters. The molecule has 7 heavy (non-hydrogen) atoms. The topological polar surface area (TPSA) is 90.7 Å². The summed E-state index contributed by atoms with van der Waals surface area (Å²) in [7, 11) is -3.54. The van der Waals surface area contributed by atoms with Crippen molar-refractivity contribution >= 4 is 7.29 Å². The summed E-state index contributed by atoms with van der Waals surface area (Å²) in [5.41, 5.74) is 4.55. The lowest BCUT2D eigenvalue weighted by molar-refractivity contribution is 0.588. The summed E-state index contributed by atoms with van der Waals surface area (Å²) in [6, 6.07) is 0. The van der Waals surface area contributed by atoms with Crippen molar-refractivity contribution in [3.05, 3.63) is 0 Å². The Kier molecular flexibility index (Phi) is 1.54. The van der Waals surface area contributed by atoms with E-state index in [9.17, 15) is 4.57 Å². The highest BCUT2D eigenvalue weighted by molar-refractivity contribution is 7.71. The van der Waals surface area contributed by atoms with Crippen molar-refractivity contribution in [2.75, 3.05) is 0 Å². The van der Waals surface area contributed by atoms with Crippen LogP contribution in [-0.2, 0) is 4.57 Å². The van der Waals surface area contributed by atoms with Gasteiger partial charge in [-0.15, -0.1) is 0 Å². The minimum atomic E-state index is -3.54. The summed E-state index contributed by atoms with van der Waals surface area (Å²) in [5.74, 6) is 2.33. The second kappa shape index (κ2) is 1.75. The molecular weight excluding hydrogens is 113 g/mol. The quantitative estimate of drug-likeness (QED) is 0.456. The second-order valence-corrected chi connectivity index (χ2v) is 2.57. The van der Waals surface area contributed by atoms with Crippen molar-refractivity contribution in [2.45, 2.75) is 0 Å². The van der Waals surface area contributed by atoms with E-state index in [-0.39, 0.29) is 0 Å². The van der Waals surface area contributed by atoms with E-state index in [0.29, 0.717) is 0 Å². The molecule has 36 valence electrons. The van der Waals surface area contributed by atoms with Crippen LogP contribution in [0.3, 0.4) is 0 Å². The Morgan fingerprint density at radius 3 is 1.71 bits per heavy atom. The first kappa shape index (κ1) is 6.17. The maximum Gasteiger partial charge on any atom is 0.334 e. The van der Waals surface area contributed by atoms with Crippen LogP contribution in [0.15, 0.2) is 0 Å². The van der Waals surface area contributed by atoms with Gasteiger partial charge in [0, 0.05) is 0 Å². The fourth-order valence-electron chi connectivity index (χ4n) is 0.0224. The van der Waals surface area contributed by atoms with Crippen LogP contribution in [0.2, 0.25) is 0 Å². The molecule has 0 unspecified atom stereocenters. The monoisotopic (exact) mass is 115 g/mol. The maximum absolute atomic E-state index is 10.0. The van der Waals surface area contributed by atoms with Gasteiger partial charge in [-0.3, -0.25) is 10.1 Å². The van der Waals surface area contributed by atoms with Crippen LogP contribution in [0.5, 0.6) is 0 Å². The summed E-state index contributed by atoms with van der Waals surface area (Å²) < 4.78 is 10.0. The fourth-order valence-corrected chi connectivity index (χ4v) is 0.0671. The number of hydrogen-bond acceptors (Lipinski definition) is 3. The van der Waals surface area contributed by atoms with Gasteiger partial charge in [-0.25, -0.2) is 0 Å². The van der Waals surface area contributed by atoms with Gasteiger partial charge >= 0.3 is 7.29 Å². The summed E-state index contributed by atoms with van der Waals surface area (Å²) in [4.78, 5) is 0. The van der Waals surface area contributed by atoms with Gasteiger partial charge < -0.3 is 0 Å². The van der Waals surface area contributed by atoms with Crippen LogP contribution < -0.4 is 5.50 Å². The second-order valence-electron chi connectivity index (χ2n) is 0.858. The lowest BCUT2D eigenvalue weighted by atomic mass is 11.8. The van der Waals surface area contributed by atoms with E-state index >= 15 is 0 Å². The van der Waals surface area contributed by atoms with Crippen molar-refractivity contribution in [2.24, 2.45) is 5.50 Å². The van der Waals surface area contributed by atoms with E-state index in [0.717, 1.165) is 11.6 Å². The Morgan fingerprint density at radius 1 is 1.43 bits per heavy atom. The zero-order chi connectivity index (χ0) is 5.91. The number of nitrogens with zero attached hydrogens (tertiary/aromatic N) is 2. The molecule has 4 nitrogen and oxygen atoms in total. The molecule has 0 aromatic heterocycles. The molecule has 0 spiro atoms. The van der Waals surface area contributed by atoms with Crippen LogP contribution in [0, 0.1) is 22.1 Å². The average Bonchev–Trinajstić information content (AvgIpc) is 1.68. The Morgan fingerprint density at radius 2 is 1.71 bits per heavy atom. The van der Waals surface area contributed by atoms with Crippen LogP contribution in [0.4, 0.5) is 0 Å². The molecule has 0 rings (SSSR count). The molecule has 0 fully saturated rings. The summed E-state index contributed by atoms with van der Waals surface area (Å²) in [6.07, 6.45) is 0. The molecule has 0 aliphatic heterocycles. The molecule has 0 saturated carbocycles. The first-order valence-corrected chi connectivity index (χ1v) is 3.11. The van der Waals surface area contributed by atoms with Gasteiger partial charge in [-0.1, -0.05) is 0 Å². The van der Waals surface area contributed by atoms with E-state index in [2.05, 4.69) is 5.50 Å². The number of hydrogen-bond donors (Lipinski definition) is 1. The summed E-state index contributed by atoms with van der Waals surface area (Å²) >= 11 is 0. The first-order valence-electron chi connectivity index (χ1n) is 1.34. The van der Waals surface area contributed by atoms with E-state index < -0.39 is 7.29 Å². The Labute approximate surface area is 40.6 Å². The molecule has 0 heterocycles. The van der Waals surface area contributed by atoms with Gasteiger partial charge in [0.15, 0.2) is 11.6 Å². The number of nitriles is 2. The molecule has 0 aliphatic carbocycles. The standard InChI is InChI=1S/C2H2N3OP/c3-1-7(5,6)2-4/h(H2,5,6). The highest BCUT2D eigenvalue weighted by atomic mass is 31.2. The van der Waals surface area contributed by atoms with Gasteiger partial charge in [0.05, 0.1) is 0 Å². The molecule has 2 N–H and O–H groups in total. The minimum absolute atomic E-state index is 1.16. The highest BCUT2D eigenvalue weighted by Gasteiger charge is 2.09. The molecule has 0 amide bonds. The summed E-state index contributed by atoms with van der Waals surface area (Å²) in [6.45, 7) is 0. The molecule has 5 heteroatoms. The third-order valence-corrected chi connectivity index (χ3v) is 0.891. The van der Waals surface area contributed by atoms with Crippen molar-refractivity contribution < 1.29 is 4.57 Å². The summed E-state index contributed by atoms with van der Waals surface area (Å²) in [5, 5.41) is 15.5. The zero-order valence-electron chi connectivity index (χ0n) is 3.33. The first-order chi connectivity index (χ1) is 3.12. The van der Waals surface area contributed by atoms with Crippen molar-refractivity contribution in [3.63, 3.8) is 0 Å². The third kappa shape index (κ3) is 1.94. The third-order valence-electron chi connectivity index (χ3n) is 0.297. The van der Waals surface area contributed by atoms with Crippen LogP contribution in [0.1, 0.15) is 0 Å². The molecule has 0 saturated heterocycles. The Hall–Kier alpha value is -0.830. The molecule has 0 bridgehead atoms. The Bertz CT molecular complexity index is 166. The van der Waals surface area contributed by atoms with Crippen molar-refractivity contribution in [1.29, 1.82) is 10.5 Å². The molecule has 0 aliphatic rings. The molecule has 0 radical (unpaired) electrons. The van der Waals surface area contributed by atoms with Gasteiger partial charge in [0.1, 0.15) is 0 Å². The van der Waals surface area contributed by atoms with Gasteiger partial charge in [0.2, 0.25) is 0 Å². The number of rotatable bonds is 0. The Balaban J connectivity index is 4.34. The van der Waals surface area contributed by atoms with Gasteiger partial charge in [-0.05, 0) is 0 Å². The molecule has 0 aromatic carbocycles. The van der Waals surface area contributed by atoms with E-state index in [1.54, 1.807) is 0 Å². The van der Waals surface area contributed by atoms with Crippen molar-refractivity contribution in [1.82, 2.24) is 0 Å². The largest absolute Gasteiger partial charge is 0.334 e. The highest BCUT2D eigenvalue weighted by Crippen LogP contribution is 2.30. The van der Waals surface area contributed by atoms with Crippen molar-refractivity contribution in [3.8, 4) is 11.6 Å². The van der Waals surface area contributed by atoms with Crippen LogP contribution in [-0.4, -0.2) is 0 Å². The normalized spacial score (nSPS) is 9.00.